The molecular formula is C27H31N3O6. The second-order valence-corrected chi connectivity index (χ2v) is 8.42. The lowest BCUT2D eigenvalue weighted by Crippen LogP contribution is -2.42. The molecule has 36 heavy (non-hydrogen) atoms. The molecule has 0 radical (unpaired) electrons. The zero-order valence-corrected chi connectivity index (χ0v) is 20.4. The van der Waals surface area contributed by atoms with Crippen molar-refractivity contribution in [1.29, 1.82) is 0 Å². The topological polar surface area (TPSA) is 101 Å². The fourth-order valence-electron chi connectivity index (χ4n) is 4.43. The van der Waals surface area contributed by atoms with Gasteiger partial charge in [-0.15, -0.1) is 0 Å². The second kappa shape index (κ2) is 11.8. The van der Waals surface area contributed by atoms with Crippen LogP contribution >= 0.6 is 0 Å². The summed E-state index contributed by atoms with van der Waals surface area (Å²) in [4.78, 5) is 34.2. The second-order valence-electron chi connectivity index (χ2n) is 8.42. The van der Waals surface area contributed by atoms with Crippen molar-refractivity contribution in [2.75, 3.05) is 52.6 Å². The zero-order chi connectivity index (χ0) is 25.5. The summed E-state index contributed by atoms with van der Waals surface area (Å²) in [6, 6.07) is 7.72. The van der Waals surface area contributed by atoms with Gasteiger partial charge in [0, 0.05) is 44.1 Å². The van der Waals surface area contributed by atoms with Gasteiger partial charge in [0.25, 0.3) is 11.7 Å². The van der Waals surface area contributed by atoms with E-state index in [4.69, 9.17) is 14.2 Å². The minimum Gasteiger partial charge on any atom is -0.507 e. The molecule has 9 nitrogen and oxygen atoms in total. The van der Waals surface area contributed by atoms with E-state index in [9.17, 15) is 14.7 Å². The lowest BCUT2D eigenvalue weighted by atomic mass is 9.95. The van der Waals surface area contributed by atoms with Gasteiger partial charge in [0.15, 0.2) is 11.5 Å². The van der Waals surface area contributed by atoms with E-state index in [-0.39, 0.29) is 11.3 Å². The van der Waals surface area contributed by atoms with Gasteiger partial charge in [-0.3, -0.25) is 19.5 Å². The van der Waals surface area contributed by atoms with Crippen LogP contribution in [0.2, 0.25) is 0 Å². The number of aliphatic hydroxyl groups is 1. The fourth-order valence-corrected chi connectivity index (χ4v) is 4.43. The molecule has 0 saturated carbocycles. The molecule has 1 amide bonds. The molecule has 2 aromatic rings. The highest BCUT2D eigenvalue weighted by Crippen LogP contribution is 2.42. The third-order valence-electron chi connectivity index (χ3n) is 6.19. The number of morpholine rings is 1. The quantitative estimate of drug-likeness (QED) is 0.233. The van der Waals surface area contributed by atoms with E-state index in [1.165, 1.54) is 17.3 Å². The Morgan fingerprint density at radius 2 is 1.89 bits per heavy atom. The number of carbonyl (C=O) groups is 2. The van der Waals surface area contributed by atoms with Crippen LogP contribution in [0.3, 0.4) is 0 Å². The van der Waals surface area contributed by atoms with Gasteiger partial charge in [0.05, 0.1) is 31.4 Å². The number of hydrogen-bond donors (Lipinski definition) is 1. The predicted molar refractivity (Wildman–Crippen MR) is 134 cm³/mol. The highest BCUT2D eigenvalue weighted by atomic mass is 16.5. The predicted octanol–water partition coefficient (Wildman–Crippen LogP) is 2.80. The third-order valence-corrected chi connectivity index (χ3v) is 6.19. The van der Waals surface area contributed by atoms with Crippen LogP contribution in [0.1, 0.15) is 24.1 Å². The van der Waals surface area contributed by atoms with Crippen LogP contribution in [0, 0.1) is 0 Å². The number of rotatable bonds is 10. The summed E-state index contributed by atoms with van der Waals surface area (Å²) in [6.07, 6.45) is 4.69. The fraction of sp³-hybridized carbons (Fsp3) is 0.370. The number of ether oxygens (including phenoxy) is 3. The van der Waals surface area contributed by atoms with E-state index in [0.29, 0.717) is 62.1 Å². The smallest absolute Gasteiger partial charge is 0.295 e. The molecule has 0 aliphatic carbocycles. The summed E-state index contributed by atoms with van der Waals surface area (Å²) in [6.45, 7) is 9.94. The Morgan fingerprint density at radius 1 is 1.14 bits per heavy atom. The molecule has 190 valence electrons. The molecule has 2 aliphatic rings. The molecule has 0 spiro atoms. The van der Waals surface area contributed by atoms with Gasteiger partial charge in [-0.05, 0) is 36.8 Å². The van der Waals surface area contributed by atoms with Gasteiger partial charge in [0.2, 0.25) is 0 Å². The summed E-state index contributed by atoms with van der Waals surface area (Å²) < 4.78 is 16.9. The molecule has 2 fully saturated rings. The number of amides is 1. The van der Waals surface area contributed by atoms with Crippen LogP contribution in [-0.4, -0.2) is 84.2 Å². The minimum atomic E-state index is -0.785. The maximum Gasteiger partial charge on any atom is 0.295 e. The van der Waals surface area contributed by atoms with Crippen LogP contribution < -0.4 is 9.47 Å². The number of nitrogens with zero attached hydrogens (tertiary/aromatic N) is 3. The van der Waals surface area contributed by atoms with Gasteiger partial charge in [-0.25, -0.2) is 0 Å². The van der Waals surface area contributed by atoms with Crippen molar-refractivity contribution < 1.29 is 28.9 Å². The van der Waals surface area contributed by atoms with E-state index in [1.807, 2.05) is 6.92 Å². The SMILES string of the molecule is C=CCOc1ccc(C2/C(=C(\O)c3ccncc3)C(=O)C(=O)N2CCN2CCOCC2)cc1OCC. The molecular weight excluding hydrogens is 462 g/mol. The maximum absolute atomic E-state index is 13.3. The lowest BCUT2D eigenvalue weighted by Gasteiger charge is -2.31. The number of pyridine rings is 1. The van der Waals surface area contributed by atoms with Crippen molar-refractivity contribution in [2.24, 2.45) is 0 Å². The molecule has 9 heteroatoms. The first-order valence-electron chi connectivity index (χ1n) is 12.0. The number of aromatic nitrogens is 1. The minimum absolute atomic E-state index is 0.0374. The highest BCUT2D eigenvalue weighted by Gasteiger charge is 2.46. The van der Waals surface area contributed by atoms with Crippen LogP contribution in [0.25, 0.3) is 5.76 Å². The number of aliphatic hydroxyl groups excluding tert-OH is 1. The normalized spacial score (nSPS) is 19.9. The molecule has 0 bridgehead atoms. The number of carbonyl (C=O) groups excluding carboxylic acids is 2. The van der Waals surface area contributed by atoms with Crippen molar-refractivity contribution in [3.05, 3.63) is 72.1 Å². The largest absolute Gasteiger partial charge is 0.507 e. The van der Waals surface area contributed by atoms with Crippen molar-refractivity contribution in [1.82, 2.24) is 14.8 Å². The first-order valence-corrected chi connectivity index (χ1v) is 12.0. The highest BCUT2D eigenvalue weighted by molar-refractivity contribution is 6.46. The molecule has 1 unspecified atom stereocenters. The monoisotopic (exact) mass is 493 g/mol. The molecule has 4 rings (SSSR count). The van der Waals surface area contributed by atoms with Gasteiger partial charge in [-0.1, -0.05) is 18.7 Å². The van der Waals surface area contributed by atoms with E-state index in [1.54, 1.807) is 36.4 Å². The lowest BCUT2D eigenvalue weighted by molar-refractivity contribution is -0.140. The molecule has 1 aromatic heterocycles. The van der Waals surface area contributed by atoms with E-state index in [0.717, 1.165) is 13.1 Å². The number of benzene rings is 1. The maximum atomic E-state index is 13.3. The van der Waals surface area contributed by atoms with E-state index >= 15 is 0 Å². The van der Waals surface area contributed by atoms with Crippen molar-refractivity contribution in [3.8, 4) is 11.5 Å². The van der Waals surface area contributed by atoms with Crippen LogP contribution in [0.5, 0.6) is 11.5 Å². The Bertz CT molecular complexity index is 1130. The Balaban J connectivity index is 1.76. The summed E-state index contributed by atoms with van der Waals surface area (Å²) in [7, 11) is 0. The first-order chi connectivity index (χ1) is 17.5. The van der Waals surface area contributed by atoms with Crippen LogP contribution in [0.4, 0.5) is 0 Å². The average Bonchev–Trinajstić information content (AvgIpc) is 3.17. The number of Topliss-reactive ketones (excluding diaryl/α,β-unsaturated/α-hetero) is 1. The molecule has 1 N–H and O–H groups in total. The van der Waals surface area contributed by atoms with Gasteiger partial charge in [0.1, 0.15) is 12.4 Å². The Labute approximate surface area is 210 Å². The van der Waals surface area contributed by atoms with Crippen molar-refractivity contribution in [2.45, 2.75) is 13.0 Å². The van der Waals surface area contributed by atoms with Crippen LogP contribution in [0.15, 0.2) is 61.0 Å². The standard InChI is InChI=1S/C27H31N3O6/c1-3-15-36-21-6-5-20(18-22(21)35-4-2)24-23(25(31)19-7-9-28-10-8-19)26(32)27(33)30(24)12-11-29-13-16-34-17-14-29/h3,5-10,18,24,31H,1,4,11-17H2,2H3/b25-23+. The molecule has 1 atom stereocenters. The summed E-state index contributed by atoms with van der Waals surface area (Å²) in [5.41, 5.74) is 1.09. The summed E-state index contributed by atoms with van der Waals surface area (Å²) >= 11 is 0. The van der Waals surface area contributed by atoms with E-state index in [2.05, 4.69) is 16.5 Å². The van der Waals surface area contributed by atoms with Gasteiger partial charge >= 0.3 is 0 Å². The summed E-state index contributed by atoms with van der Waals surface area (Å²) in [5, 5.41) is 11.2. The Hall–Kier alpha value is -3.69. The van der Waals surface area contributed by atoms with Crippen LogP contribution in [-0.2, 0) is 14.3 Å². The van der Waals surface area contributed by atoms with Gasteiger partial charge < -0.3 is 24.2 Å². The van der Waals surface area contributed by atoms with E-state index < -0.39 is 17.7 Å². The first kappa shape index (κ1) is 25.4. The molecule has 1 aromatic carbocycles. The Morgan fingerprint density at radius 3 is 2.58 bits per heavy atom. The average molecular weight is 494 g/mol. The number of hydrogen-bond acceptors (Lipinski definition) is 8. The summed E-state index contributed by atoms with van der Waals surface area (Å²) in [5.74, 6) is -0.589. The zero-order valence-electron chi connectivity index (χ0n) is 20.4. The van der Waals surface area contributed by atoms with Gasteiger partial charge in [-0.2, -0.15) is 0 Å². The molecule has 3 heterocycles. The molecule has 2 aliphatic heterocycles. The third kappa shape index (κ3) is 5.42. The Kier molecular flexibility index (Phi) is 8.35. The van der Waals surface area contributed by atoms with Crippen molar-refractivity contribution in [3.63, 3.8) is 0 Å². The van der Waals surface area contributed by atoms with Crippen molar-refractivity contribution >= 4 is 17.4 Å². The molecule has 2 saturated heterocycles. The number of ketones is 1. The number of likely N-dealkylation sites (tertiary alicyclic amines) is 1.